The predicted molar refractivity (Wildman–Crippen MR) is 216 cm³/mol. The maximum absolute atomic E-state index is 6.26. The van der Waals surface area contributed by atoms with Crippen molar-refractivity contribution in [1.29, 1.82) is 0 Å². The molecule has 2 atom stereocenters. The molecule has 1 aliphatic carbocycles. The summed E-state index contributed by atoms with van der Waals surface area (Å²) in [5.41, 5.74) is 13.4. The number of benzene rings is 7. The monoisotopic (exact) mass is 666 g/mol. The van der Waals surface area contributed by atoms with E-state index in [4.69, 9.17) is 4.74 Å². The number of allylic oxidation sites excluding steroid dienone is 4. The van der Waals surface area contributed by atoms with Crippen LogP contribution in [0.2, 0.25) is 0 Å². The molecule has 0 N–H and O–H groups in total. The molecule has 9 aromatic rings. The van der Waals surface area contributed by atoms with Gasteiger partial charge in [0.2, 0.25) is 0 Å². The Labute approximate surface area is 302 Å². The van der Waals surface area contributed by atoms with Crippen LogP contribution in [0.1, 0.15) is 24.0 Å². The molecule has 246 valence electrons. The molecule has 0 saturated heterocycles. The summed E-state index contributed by atoms with van der Waals surface area (Å²) in [7, 11) is 0. The summed E-state index contributed by atoms with van der Waals surface area (Å²) in [5.74, 6) is 2.55. The van der Waals surface area contributed by atoms with Gasteiger partial charge in [-0.1, -0.05) is 134 Å². The Kier molecular flexibility index (Phi) is 6.29. The minimum absolute atomic E-state index is 0.234. The number of rotatable bonds is 5. The molecule has 0 bridgehead atoms. The third-order valence-corrected chi connectivity index (χ3v) is 11.4. The van der Waals surface area contributed by atoms with Crippen molar-refractivity contribution in [1.82, 2.24) is 4.40 Å². The molecular weight excluding hydrogens is 633 g/mol. The van der Waals surface area contributed by atoms with Crippen LogP contribution in [-0.2, 0) is 0 Å². The lowest BCUT2D eigenvalue weighted by molar-refractivity contribution is 0.407. The van der Waals surface area contributed by atoms with E-state index < -0.39 is 0 Å². The van der Waals surface area contributed by atoms with Gasteiger partial charge < -0.3 is 14.0 Å². The number of hydrogen-bond acceptors (Lipinski definition) is 2. The highest BCUT2D eigenvalue weighted by atomic mass is 16.5. The van der Waals surface area contributed by atoms with Gasteiger partial charge in [0.05, 0.1) is 28.2 Å². The minimum Gasteiger partial charge on any atom is -0.461 e. The Morgan fingerprint density at radius 1 is 0.500 bits per heavy atom. The van der Waals surface area contributed by atoms with Gasteiger partial charge in [-0.3, -0.25) is 0 Å². The summed E-state index contributed by atoms with van der Waals surface area (Å²) in [4.78, 5) is 2.43. The predicted octanol–water partition coefficient (Wildman–Crippen LogP) is 13.1. The van der Waals surface area contributed by atoms with Gasteiger partial charge in [0, 0.05) is 38.5 Å². The third-order valence-electron chi connectivity index (χ3n) is 11.4. The lowest BCUT2D eigenvalue weighted by Crippen LogP contribution is -2.15. The summed E-state index contributed by atoms with van der Waals surface area (Å²) < 4.78 is 8.75. The number of fused-ring (bicyclic) bond motifs is 9. The minimum atomic E-state index is 0.234. The first-order valence-corrected chi connectivity index (χ1v) is 18.1. The van der Waals surface area contributed by atoms with Crippen molar-refractivity contribution in [3.63, 3.8) is 0 Å². The molecule has 0 radical (unpaired) electrons. The largest absolute Gasteiger partial charge is 0.461 e. The van der Waals surface area contributed by atoms with Crippen LogP contribution in [-0.4, -0.2) is 4.40 Å². The van der Waals surface area contributed by atoms with E-state index in [0.717, 1.165) is 28.6 Å². The third kappa shape index (κ3) is 4.20. The number of anilines is 3. The van der Waals surface area contributed by atoms with Gasteiger partial charge >= 0.3 is 0 Å². The highest BCUT2D eigenvalue weighted by Gasteiger charge is 2.37. The van der Waals surface area contributed by atoms with Gasteiger partial charge in [-0.25, -0.2) is 0 Å². The van der Waals surface area contributed by atoms with Crippen molar-refractivity contribution < 1.29 is 4.74 Å². The van der Waals surface area contributed by atoms with E-state index in [1.807, 2.05) is 0 Å². The summed E-state index contributed by atoms with van der Waals surface area (Å²) in [5, 5.41) is 5.11. The standard InChI is InChI=1S/C49H34N2O/c1-31-37(29-30-46-47(31)42-14-6-8-20-45(42)52-46)34-23-27-36(28-24-34)50(35-25-21-33(22-26-35)32-11-3-2-4-12-32)44-19-10-17-41-40-16-9-15-39-38-13-5-7-18-43(38)51(48(39)40)49(41)44/h2-31,47H,1H3. The number of aromatic nitrogens is 1. The van der Waals surface area contributed by atoms with E-state index in [-0.39, 0.29) is 11.8 Å². The van der Waals surface area contributed by atoms with Crippen LogP contribution in [0, 0.1) is 5.92 Å². The molecule has 2 unspecified atom stereocenters. The Bertz CT molecular complexity index is 2880. The molecule has 3 heterocycles. The van der Waals surface area contributed by atoms with Crippen LogP contribution in [0.4, 0.5) is 17.1 Å². The summed E-state index contributed by atoms with van der Waals surface area (Å²) in [6.45, 7) is 2.33. The molecule has 3 heteroatoms. The summed E-state index contributed by atoms with van der Waals surface area (Å²) in [6, 6.07) is 59.5. The van der Waals surface area contributed by atoms with Crippen LogP contribution < -0.4 is 9.64 Å². The topological polar surface area (TPSA) is 16.9 Å². The fourth-order valence-electron chi connectivity index (χ4n) is 8.99. The van der Waals surface area contributed by atoms with Gasteiger partial charge in [0.15, 0.2) is 0 Å². The Balaban J connectivity index is 1.08. The lowest BCUT2D eigenvalue weighted by atomic mass is 9.77. The second-order valence-electron chi connectivity index (χ2n) is 14.1. The molecule has 0 fully saturated rings. The molecule has 52 heavy (non-hydrogen) atoms. The normalized spacial score (nSPS) is 16.6. The second-order valence-corrected chi connectivity index (χ2v) is 14.1. The van der Waals surface area contributed by atoms with Gasteiger partial charge in [-0.15, -0.1) is 0 Å². The highest BCUT2D eigenvalue weighted by molar-refractivity contribution is 6.25. The fraction of sp³-hybridized carbons (Fsp3) is 0.0612. The van der Waals surface area contributed by atoms with Crippen molar-refractivity contribution in [2.24, 2.45) is 5.92 Å². The van der Waals surface area contributed by atoms with E-state index in [9.17, 15) is 0 Å². The zero-order valence-corrected chi connectivity index (χ0v) is 28.7. The molecule has 1 aliphatic heterocycles. The van der Waals surface area contributed by atoms with Crippen molar-refractivity contribution in [3.05, 3.63) is 193 Å². The fourth-order valence-corrected chi connectivity index (χ4v) is 8.99. The molecule has 2 aliphatic rings. The van der Waals surface area contributed by atoms with E-state index in [0.29, 0.717) is 0 Å². The average Bonchev–Trinajstić information content (AvgIpc) is 3.87. The van der Waals surface area contributed by atoms with Crippen LogP contribution in [0.25, 0.3) is 54.8 Å². The van der Waals surface area contributed by atoms with Crippen LogP contribution >= 0.6 is 0 Å². The van der Waals surface area contributed by atoms with Crippen LogP contribution in [0.3, 0.4) is 0 Å². The Morgan fingerprint density at radius 3 is 1.88 bits per heavy atom. The second kappa shape index (κ2) is 11.2. The molecule has 0 spiro atoms. The molecule has 3 nitrogen and oxygen atoms in total. The van der Waals surface area contributed by atoms with Crippen LogP contribution in [0.5, 0.6) is 5.75 Å². The number of nitrogens with zero attached hydrogens (tertiary/aromatic N) is 2. The maximum atomic E-state index is 6.26. The van der Waals surface area contributed by atoms with E-state index in [1.54, 1.807) is 0 Å². The number of ether oxygens (including phenoxy) is 1. The highest BCUT2D eigenvalue weighted by Crippen LogP contribution is 2.51. The van der Waals surface area contributed by atoms with Crippen molar-refractivity contribution >= 4 is 60.7 Å². The first kappa shape index (κ1) is 29.2. The molecule has 0 amide bonds. The Hall–Kier alpha value is -6.58. The quantitative estimate of drug-likeness (QED) is 0.182. The molecule has 11 rings (SSSR count). The zero-order valence-electron chi connectivity index (χ0n) is 28.7. The van der Waals surface area contributed by atoms with E-state index in [2.05, 4.69) is 192 Å². The number of para-hydroxylation sites is 4. The molecule has 2 aromatic heterocycles. The first-order valence-electron chi connectivity index (χ1n) is 18.1. The van der Waals surface area contributed by atoms with Crippen molar-refractivity contribution in [2.45, 2.75) is 12.8 Å². The molecular formula is C49H34N2O. The average molecular weight is 667 g/mol. The smallest absolute Gasteiger partial charge is 0.130 e. The number of hydrogen-bond donors (Lipinski definition) is 0. The lowest BCUT2D eigenvalue weighted by Gasteiger charge is -2.28. The summed E-state index contributed by atoms with van der Waals surface area (Å²) in [6.07, 6.45) is 4.42. The van der Waals surface area contributed by atoms with Gasteiger partial charge in [-0.2, -0.15) is 0 Å². The van der Waals surface area contributed by atoms with Crippen molar-refractivity contribution in [3.8, 4) is 16.9 Å². The van der Waals surface area contributed by atoms with Crippen molar-refractivity contribution in [2.75, 3.05) is 4.90 Å². The summed E-state index contributed by atoms with van der Waals surface area (Å²) >= 11 is 0. The van der Waals surface area contributed by atoms with Gasteiger partial charge in [-0.05, 0) is 76.7 Å². The SMILES string of the molecule is CC1C(c2ccc(N(c3ccc(-c4ccccc4)cc3)c3cccc4c5cccc6c7ccccc7n(c34)c65)cc2)=CC=C2Oc3ccccc3C21. The van der Waals surface area contributed by atoms with Gasteiger partial charge in [0.25, 0.3) is 0 Å². The first-order chi connectivity index (χ1) is 25.7. The molecule has 7 aromatic carbocycles. The molecule has 0 saturated carbocycles. The van der Waals surface area contributed by atoms with E-state index in [1.165, 1.54) is 65.9 Å². The van der Waals surface area contributed by atoms with E-state index >= 15 is 0 Å². The van der Waals surface area contributed by atoms with Gasteiger partial charge in [0.1, 0.15) is 11.5 Å². The Morgan fingerprint density at radius 2 is 1.10 bits per heavy atom. The zero-order chi connectivity index (χ0) is 34.3. The maximum Gasteiger partial charge on any atom is 0.130 e. The van der Waals surface area contributed by atoms with Crippen LogP contribution in [0.15, 0.2) is 182 Å².